The fourth-order valence-corrected chi connectivity index (χ4v) is 2.94. The van der Waals surface area contributed by atoms with E-state index in [0.29, 0.717) is 25.9 Å². The van der Waals surface area contributed by atoms with Crippen molar-refractivity contribution >= 4 is 17.6 Å². The zero-order valence-electron chi connectivity index (χ0n) is 14.9. The second kappa shape index (κ2) is 7.69. The van der Waals surface area contributed by atoms with E-state index in [1.54, 1.807) is 0 Å². The predicted octanol–water partition coefficient (Wildman–Crippen LogP) is 2.89. The van der Waals surface area contributed by atoms with Crippen molar-refractivity contribution in [1.82, 2.24) is 4.90 Å². The van der Waals surface area contributed by atoms with Crippen LogP contribution in [0.1, 0.15) is 45.6 Å². The number of hydrogen-bond acceptors (Lipinski definition) is 3. The maximum absolute atomic E-state index is 12.1. The van der Waals surface area contributed by atoms with Gasteiger partial charge in [0.25, 0.3) is 0 Å². The Labute approximate surface area is 144 Å². The molecule has 0 spiro atoms. The van der Waals surface area contributed by atoms with Crippen molar-refractivity contribution < 1.29 is 14.7 Å². The molecule has 0 unspecified atom stereocenters. The molecule has 0 radical (unpaired) electrons. The third-order valence-electron chi connectivity index (χ3n) is 4.51. The molecule has 5 heteroatoms. The summed E-state index contributed by atoms with van der Waals surface area (Å²) in [4.78, 5) is 26.8. The maximum Gasteiger partial charge on any atom is 0.303 e. The monoisotopic (exact) mass is 332 g/mol. The minimum Gasteiger partial charge on any atom is -0.481 e. The van der Waals surface area contributed by atoms with Crippen molar-refractivity contribution in [3.63, 3.8) is 0 Å². The second-order valence-corrected chi connectivity index (χ2v) is 7.41. The van der Waals surface area contributed by atoms with Crippen LogP contribution in [0.15, 0.2) is 24.3 Å². The molecular formula is C19H28N2O3. The van der Waals surface area contributed by atoms with Gasteiger partial charge in [-0.25, -0.2) is 0 Å². The fraction of sp³-hybridized carbons (Fsp3) is 0.579. The lowest BCUT2D eigenvalue weighted by Crippen LogP contribution is -2.48. The van der Waals surface area contributed by atoms with Gasteiger partial charge >= 0.3 is 5.97 Å². The molecule has 1 amide bonds. The standard InChI is InChI=1S/C19H28N2O3/c1-19(2,3)15-7-9-16(10-8-15)20-11-13-21(14-12-20)17(22)5-4-6-18(23)24/h7-10H,4-6,11-14H2,1-3H3,(H,23,24). The summed E-state index contributed by atoms with van der Waals surface area (Å²) in [6, 6.07) is 8.67. The van der Waals surface area contributed by atoms with Gasteiger partial charge in [0, 0.05) is 44.7 Å². The van der Waals surface area contributed by atoms with E-state index in [0.717, 1.165) is 13.1 Å². The number of benzene rings is 1. The highest BCUT2D eigenvalue weighted by Gasteiger charge is 2.21. The Kier molecular flexibility index (Phi) is 5.86. The molecule has 1 fully saturated rings. The van der Waals surface area contributed by atoms with Crippen LogP contribution in [0.3, 0.4) is 0 Å². The van der Waals surface area contributed by atoms with Crippen LogP contribution in [0, 0.1) is 0 Å². The van der Waals surface area contributed by atoms with Crippen molar-refractivity contribution in [2.24, 2.45) is 0 Å². The van der Waals surface area contributed by atoms with E-state index in [1.165, 1.54) is 11.3 Å². The van der Waals surface area contributed by atoms with E-state index in [2.05, 4.69) is 49.9 Å². The molecule has 1 aliphatic heterocycles. The fourth-order valence-electron chi connectivity index (χ4n) is 2.94. The quantitative estimate of drug-likeness (QED) is 0.901. The Morgan fingerprint density at radius 3 is 2.08 bits per heavy atom. The van der Waals surface area contributed by atoms with Crippen LogP contribution in [0.25, 0.3) is 0 Å². The Morgan fingerprint density at radius 2 is 1.58 bits per heavy atom. The largest absolute Gasteiger partial charge is 0.481 e. The van der Waals surface area contributed by atoms with Crippen LogP contribution >= 0.6 is 0 Å². The van der Waals surface area contributed by atoms with Gasteiger partial charge in [-0.2, -0.15) is 0 Å². The number of hydrogen-bond donors (Lipinski definition) is 1. The van der Waals surface area contributed by atoms with Crippen LogP contribution < -0.4 is 4.90 Å². The molecular weight excluding hydrogens is 304 g/mol. The predicted molar refractivity (Wildman–Crippen MR) is 95.4 cm³/mol. The summed E-state index contributed by atoms with van der Waals surface area (Å²) in [7, 11) is 0. The summed E-state index contributed by atoms with van der Waals surface area (Å²) in [6.45, 7) is 9.66. The molecule has 1 heterocycles. The van der Waals surface area contributed by atoms with Crippen LogP contribution in [0.5, 0.6) is 0 Å². The summed E-state index contributed by atoms with van der Waals surface area (Å²) >= 11 is 0. The van der Waals surface area contributed by atoms with Gasteiger partial charge in [0.15, 0.2) is 0 Å². The van der Waals surface area contributed by atoms with E-state index in [4.69, 9.17) is 5.11 Å². The summed E-state index contributed by atoms with van der Waals surface area (Å²) in [5.41, 5.74) is 2.67. The highest BCUT2D eigenvalue weighted by Crippen LogP contribution is 2.25. The molecule has 0 bridgehead atoms. The zero-order chi connectivity index (χ0) is 17.7. The molecule has 1 saturated heterocycles. The summed E-state index contributed by atoms with van der Waals surface area (Å²) in [5.74, 6) is -0.773. The number of carbonyl (C=O) groups is 2. The Bertz CT molecular complexity index is 567. The van der Waals surface area contributed by atoms with Crippen molar-refractivity contribution in [3.8, 4) is 0 Å². The average molecular weight is 332 g/mol. The summed E-state index contributed by atoms with van der Waals surface area (Å²) < 4.78 is 0. The van der Waals surface area contributed by atoms with Gasteiger partial charge in [-0.05, 0) is 29.5 Å². The summed E-state index contributed by atoms with van der Waals surface area (Å²) in [5, 5.41) is 8.64. The van der Waals surface area contributed by atoms with E-state index in [9.17, 15) is 9.59 Å². The highest BCUT2D eigenvalue weighted by atomic mass is 16.4. The molecule has 1 N–H and O–H groups in total. The minimum absolute atomic E-state index is 0.0613. The van der Waals surface area contributed by atoms with Crippen LogP contribution in [-0.2, 0) is 15.0 Å². The normalized spacial score (nSPS) is 15.5. The third kappa shape index (κ3) is 4.98. The molecule has 2 rings (SSSR count). The molecule has 24 heavy (non-hydrogen) atoms. The maximum atomic E-state index is 12.1. The second-order valence-electron chi connectivity index (χ2n) is 7.41. The van der Waals surface area contributed by atoms with Crippen LogP contribution in [0.2, 0.25) is 0 Å². The van der Waals surface area contributed by atoms with E-state index < -0.39 is 5.97 Å². The lowest BCUT2D eigenvalue weighted by Gasteiger charge is -2.36. The SMILES string of the molecule is CC(C)(C)c1ccc(N2CCN(C(=O)CCCC(=O)O)CC2)cc1. The molecule has 0 atom stereocenters. The van der Waals surface area contributed by atoms with Crippen molar-refractivity contribution in [2.75, 3.05) is 31.1 Å². The Balaban J connectivity index is 1.84. The molecule has 0 saturated carbocycles. The zero-order valence-corrected chi connectivity index (χ0v) is 14.9. The third-order valence-corrected chi connectivity index (χ3v) is 4.51. The topological polar surface area (TPSA) is 60.9 Å². The Hall–Kier alpha value is -2.04. The van der Waals surface area contributed by atoms with Crippen molar-refractivity contribution in [1.29, 1.82) is 0 Å². The number of carbonyl (C=O) groups excluding carboxylic acids is 1. The number of rotatable bonds is 5. The number of nitrogens with zero attached hydrogens (tertiary/aromatic N) is 2. The van der Waals surface area contributed by atoms with Crippen LogP contribution in [-0.4, -0.2) is 48.1 Å². The minimum atomic E-state index is -0.841. The molecule has 0 aromatic heterocycles. The van der Waals surface area contributed by atoms with E-state index in [-0.39, 0.29) is 17.7 Å². The van der Waals surface area contributed by atoms with Crippen molar-refractivity contribution in [2.45, 2.75) is 45.4 Å². The van der Waals surface area contributed by atoms with Gasteiger partial charge in [0.05, 0.1) is 0 Å². The lowest BCUT2D eigenvalue weighted by molar-refractivity contribution is -0.137. The first-order valence-corrected chi connectivity index (χ1v) is 8.62. The molecule has 1 aromatic rings. The molecule has 132 valence electrons. The smallest absolute Gasteiger partial charge is 0.303 e. The van der Waals surface area contributed by atoms with E-state index >= 15 is 0 Å². The number of carboxylic acid groups (broad SMARTS) is 1. The van der Waals surface area contributed by atoms with Gasteiger partial charge < -0.3 is 14.9 Å². The number of amides is 1. The van der Waals surface area contributed by atoms with Crippen molar-refractivity contribution in [3.05, 3.63) is 29.8 Å². The number of anilines is 1. The van der Waals surface area contributed by atoms with Gasteiger partial charge in [-0.15, -0.1) is 0 Å². The Morgan fingerprint density at radius 1 is 1.00 bits per heavy atom. The van der Waals surface area contributed by atoms with Gasteiger partial charge in [-0.1, -0.05) is 32.9 Å². The number of carboxylic acids is 1. The molecule has 1 aliphatic rings. The first-order chi connectivity index (χ1) is 11.3. The van der Waals surface area contributed by atoms with Gasteiger partial charge in [-0.3, -0.25) is 9.59 Å². The van der Waals surface area contributed by atoms with Crippen LogP contribution in [0.4, 0.5) is 5.69 Å². The van der Waals surface area contributed by atoms with Gasteiger partial charge in [0.1, 0.15) is 0 Å². The average Bonchev–Trinajstić information content (AvgIpc) is 2.54. The lowest BCUT2D eigenvalue weighted by atomic mass is 9.87. The summed E-state index contributed by atoms with van der Waals surface area (Å²) in [6.07, 6.45) is 0.807. The molecule has 1 aromatic carbocycles. The number of piperazine rings is 1. The van der Waals surface area contributed by atoms with E-state index in [1.807, 2.05) is 4.90 Å². The first kappa shape index (κ1) is 18.3. The number of aliphatic carboxylic acids is 1. The molecule has 5 nitrogen and oxygen atoms in total. The molecule has 0 aliphatic carbocycles. The van der Waals surface area contributed by atoms with Gasteiger partial charge in [0.2, 0.25) is 5.91 Å². The highest BCUT2D eigenvalue weighted by molar-refractivity contribution is 5.77. The first-order valence-electron chi connectivity index (χ1n) is 8.62.